The normalized spacial score (nSPS) is 12.0. The second-order valence-electron chi connectivity index (χ2n) is 23.5. The molecule has 0 aliphatic rings. The summed E-state index contributed by atoms with van der Waals surface area (Å²) < 4.78 is 5.14. The molecule has 4 heterocycles. The Morgan fingerprint density at radius 1 is 0.221 bits per heavy atom. The van der Waals surface area contributed by atoms with Crippen molar-refractivity contribution in [1.29, 1.82) is 0 Å². The third-order valence-corrected chi connectivity index (χ3v) is 18.2. The zero-order chi connectivity index (χ0) is 57.3. The summed E-state index contributed by atoms with van der Waals surface area (Å²) in [4.78, 5) is 5.11. The molecule has 0 N–H and O–H groups in total. The second-order valence-corrected chi connectivity index (χ2v) is 23.5. The third-order valence-electron chi connectivity index (χ3n) is 18.2. The Bertz CT molecular complexity index is 4980. The summed E-state index contributed by atoms with van der Waals surface area (Å²) in [6.07, 6.45) is 0. The SMILES string of the molecule is Cc1ccc(N(c2ccc(C)cc2-c2ccccc2)c2ccc3c4cc5c(cc4n4c6ccccc6c2c34)c2ccc(N(c3ccc(C)cc3-c3ccccc3)c3ccc(C)cc3-c3ccccc3)c3c4ccccc4n5c23)c(-c2ccccc2)c1. The number of aromatic nitrogens is 2. The zero-order valence-corrected chi connectivity index (χ0v) is 48.3. The van der Waals surface area contributed by atoms with Crippen LogP contribution in [0.25, 0.3) is 121 Å². The fourth-order valence-corrected chi connectivity index (χ4v) is 14.4. The lowest BCUT2D eigenvalue weighted by Crippen LogP contribution is -2.13. The quantitative estimate of drug-likeness (QED) is 0.136. The van der Waals surface area contributed by atoms with E-state index in [0.717, 1.165) is 34.1 Å². The van der Waals surface area contributed by atoms with Gasteiger partial charge in [-0.25, -0.2) is 0 Å². The van der Waals surface area contributed by atoms with Crippen molar-refractivity contribution in [3.63, 3.8) is 0 Å². The van der Waals surface area contributed by atoms with Crippen LogP contribution in [0.4, 0.5) is 34.1 Å². The lowest BCUT2D eigenvalue weighted by Gasteiger charge is -2.31. The van der Waals surface area contributed by atoms with Crippen LogP contribution in [0.3, 0.4) is 0 Å². The Morgan fingerprint density at radius 3 is 0.814 bits per heavy atom. The number of anilines is 6. The number of hydrogen-bond acceptors (Lipinski definition) is 2. The Balaban J connectivity index is 0.953. The molecule has 17 aromatic rings. The summed E-state index contributed by atoms with van der Waals surface area (Å²) in [5.41, 5.74) is 28.3. The predicted molar refractivity (Wildman–Crippen MR) is 366 cm³/mol. The van der Waals surface area contributed by atoms with Crippen LogP contribution in [0.1, 0.15) is 22.3 Å². The number of benzene rings is 13. The van der Waals surface area contributed by atoms with Crippen LogP contribution in [-0.4, -0.2) is 8.80 Å². The Kier molecular flexibility index (Phi) is 11.2. The lowest BCUT2D eigenvalue weighted by molar-refractivity contribution is 1.28. The van der Waals surface area contributed by atoms with Crippen LogP contribution < -0.4 is 9.80 Å². The van der Waals surface area contributed by atoms with Crippen molar-refractivity contribution in [3.05, 3.63) is 301 Å². The molecule has 0 atom stereocenters. The number of aryl methyl sites for hydroxylation is 4. The van der Waals surface area contributed by atoms with Gasteiger partial charge >= 0.3 is 0 Å². The van der Waals surface area contributed by atoms with Gasteiger partial charge in [0.25, 0.3) is 0 Å². The maximum absolute atomic E-state index is 2.57. The van der Waals surface area contributed by atoms with E-state index in [2.05, 4.69) is 325 Å². The fraction of sp³-hybridized carbons (Fsp3) is 0.0488. The van der Waals surface area contributed by atoms with Gasteiger partial charge < -0.3 is 18.6 Å². The molecule has 17 rings (SSSR count). The molecule has 0 unspecified atom stereocenters. The number of fused-ring (bicyclic) bond motifs is 12. The highest BCUT2D eigenvalue weighted by atomic mass is 15.2. The van der Waals surface area contributed by atoms with E-state index in [1.165, 1.54) is 143 Å². The molecule has 406 valence electrons. The number of nitrogens with zero attached hydrogens (tertiary/aromatic N) is 4. The van der Waals surface area contributed by atoms with Gasteiger partial charge in [0.15, 0.2) is 0 Å². The molecule has 0 bridgehead atoms. The topological polar surface area (TPSA) is 15.3 Å². The number of hydrogen-bond donors (Lipinski definition) is 0. The first-order chi connectivity index (χ1) is 42.3. The van der Waals surface area contributed by atoms with Gasteiger partial charge in [-0.05, 0) is 135 Å². The van der Waals surface area contributed by atoms with E-state index in [9.17, 15) is 0 Å². The number of para-hydroxylation sites is 2. The molecule has 0 saturated heterocycles. The molecule has 4 aromatic heterocycles. The number of rotatable bonds is 10. The van der Waals surface area contributed by atoms with Gasteiger partial charge in [-0.1, -0.05) is 216 Å². The summed E-state index contributed by atoms with van der Waals surface area (Å²) in [5, 5.41) is 9.81. The Morgan fingerprint density at radius 2 is 0.500 bits per heavy atom. The van der Waals surface area contributed by atoms with Gasteiger partial charge in [0, 0.05) is 65.3 Å². The van der Waals surface area contributed by atoms with E-state index in [4.69, 9.17) is 0 Å². The van der Waals surface area contributed by atoms with Gasteiger partial charge in [-0.15, -0.1) is 0 Å². The molecule has 0 spiro atoms. The molecule has 0 fully saturated rings. The monoisotopic (exact) mass is 1100 g/mol. The predicted octanol–water partition coefficient (Wildman–Crippen LogP) is 22.8. The largest absolute Gasteiger partial charge is 0.309 e. The summed E-state index contributed by atoms with van der Waals surface area (Å²) in [5.74, 6) is 0. The molecule has 0 amide bonds. The van der Waals surface area contributed by atoms with Crippen LogP contribution in [0, 0.1) is 27.7 Å². The Hall–Kier alpha value is -10.9. The maximum Gasteiger partial charge on any atom is 0.0641 e. The van der Waals surface area contributed by atoms with E-state index in [-0.39, 0.29) is 0 Å². The van der Waals surface area contributed by atoms with Crippen molar-refractivity contribution in [2.75, 3.05) is 9.80 Å². The highest BCUT2D eigenvalue weighted by Gasteiger charge is 2.31. The van der Waals surface area contributed by atoms with Gasteiger partial charge in [-0.2, -0.15) is 0 Å². The molecule has 0 saturated carbocycles. The van der Waals surface area contributed by atoms with Crippen LogP contribution >= 0.6 is 0 Å². The first kappa shape index (κ1) is 49.7. The molecule has 4 heteroatoms. The minimum absolute atomic E-state index is 1.12. The minimum Gasteiger partial charge on any atom is -0.309 e. The highest BCUT2D eigenvalue weighted by molar-refractivity contribution is 6.32. The van der Waals surface area contributed by atoms with E-state index >= 15 is 0 Å². The van der Waals surface area contributed by atoms with Gasteiger partial charge in [0.1, 0.15) is 0 Å². The van der Waals surface area contributed by atoms with E-state index in [1.54, 1.807) is 0 Å². The van der Waals surface area contributed by atoms with Crippen LogP contribution in [-0.2, 0) is 0 Å². The van der Waals surface area contributed by atoms with Gasteiger partial charge in [0.05, 0.1) is 67.2 Å². The smallest absolute Gasteiger partial charge is 0.0641 e. The van der Waals surface area contributed by atoms with Crippen molar-refractivity contribution in [1.82, 2.24) is 8.80 Å². The van der Waals surface area contributed by atoms with E-state index < -0.39 is 0 Å². The van der Waals surface area contributed by atoms with E-state index in [1.807, 2.05) is 0 Å². The summed E-state index contributed by atoms with van der Waals surface area (Å²) in [6.45, 7) is 8.81. The van der Waals surface area contributed by atoms with Crippen molar-refractivity contribution >= 4 is 110 Å². The summed E-state index contributed by atoms with van der Waals surface area (Å²) in [7, 11) is 0. The molecular weight excluding hydrogens is 1040 g/mol. The van der Waals surface area contributed by atoms with Crippen LogP contribution in [0.2, 0.25) is 0 Å². The molecule has 0 aliphatic carbocycles. The summed E-state index contributed by atoms with van der Waals surface area (Å²) >= 11 is 0. The van der Waals surface area contributed by atoms with Crippen LogP contribution in [0.15, 0.2) is 279 Å². The molecule has 4 nitrogen and oxygen atoms in total. The van der Waals surface area contributed by atoms with Crippen molar-refractivity contribution in [2.45, 2.75) is 27.7 Å². The standard InChI is InChI=1S/C82H58N4/c1-51-33-39-71(63(45-51)55-21-9-5-10-22-55)83(72-40-34-52(2)46-64(72)56-23-11-6-12-24-56)75-43-37-59-67-49-78-68(50-77(67)85-69-31-19-17-29-61(69)79(75)81(59)85)60-38-44-76(80-62-30-18-20-32-70(62)86(78)82(60)80)84(73-41-35-53(3)47-65(73)57-25-13-7-14-26-57)74-42-36-54(4)48-66(74)58-27-15-8-16-28-58/h5-50H,1-4H3. The minimum atomic E-state index is 1.12. The third kappa shape index (κ3) is 7.49. The highest BCUT2D eigenvalue weighted by Crippen LogP contribution is 2.55. The maximum atomic E-state index is 2.57. The van der Waals surface area contributed by atoms with Crippen molar-refractivity contribution in [2.24, 2.45) is 0 Å². The zero-order valence-electron chi connectivity index (χ0n) is 48.3. The van der Waals surface area contributed by atoms with Gasteiger partial charge in [-0.3, -0.25) is 0 Å². The average Bonchev–Trinajstić information content (AvgIpc) is 1.58. The van der Waals surface area contributed by atoms with Crippen molar-refractivity contribution < 1.29 is 0 Å². The van der Waals surface area contributed by atoms with Crippen LogP contribution in [0.5, 0.6) is 0 Å². The lowest BCUT2D eigenvalue weighted by atomic mass is 9.95. The second kappa shape index (κ2) is 19.3. The molecule has 86 heavy (non-hydrogen) atoms. The van der Waals surface area contributed by atoms with Crippen molar-refractivity contribution in [3.8, 4) is 44.5 Å². The fourth-order valence-electron chi connectivity index (χ4n) is 14.4. The van der Waals surface area contributed by atoms with Gasteiger partial charge in [0.2, 0.25) is 0 Å². The molecular formula is C82H58N4. The first-order valence-electron chi connectivity index (χ1n) is 29.9. The first-order valence-corrected chi connectivity index (χ1v) is 29.9. The molecule has 13 aromatic carbocycles. The van der Waals surface area contributed by atoms with E-state index in [0.29, 0.717) is 0 Å². The Labute approximate surface area is 499 Å². The molecule has 0 aliphatic heterocycles. The molecule has 0 radical (unpaired) electrons. The average molecular weight is 1100 g/mol. The summed E-state index contributed by atoms with van der Waals surface area (Å²) in [6, 6.07) is 104.